The van der Waals surface area contributed by atoms with Crippen molar-refractivity contribution in [2.24, 2.45) is 0 Å². The summed E-state index contributed by atoms with van der Waals surface area (Å²) in [6, 6.07) is 0. The minimum absolute atomic E-state index is 0.0222. The van der Waals surface area contributed by atoms with E-state index in [-0.39, 0.29) is 14.9 Å². The Morgan fingerprint density at radius 1 is 1.38 bits per heavy atom. The number of halogens is 2. The van der Waals surface area contributed by atoms with E-state index >= 15 is 0 Å². The number of sulfonamides is 1. The summed E-state index contributed by atoms with van der Waals surface area (Å²) in [7, 11) is -2.30. The first-order chi connectivity index (χ1) is 5.99. The molecule has 0 aliphatic carbocycles. The van der Waals surface area contributed by atoms with Crippen molar-refractivity contribution in [3.8, 4) is 0 Å². The van der Waals surface area contributed by atoms with Gasteiger partial charge in [0.05, 0.1) is 10.0 Å². The molecule has 0 aliphatic rings. The van der Waals surface area contributed by atoms with Gasteiger partial charge in [0, 0.05) is 12.4 Å². The highest BCUT2D eigenvalue weighted by atomic mass is 35.5. The molecule has 0 atom stereocenters. The lowest BCUT2D eigenvalue weighted by Crippen LogP contribution is -2.19. The summed E-state index contributed by atoms with van der Waals surface area (Å²) in [6.45, 7) is 0. The maximum atomic E-state index is 11.3. The van der Waals surface area contributed by atoms with Crippen molar-refractivity contribution >= 4 is 33.2 Å². The van der Waals surface area contributed by atoms with E-state index in [2.05, 4.69) is 9.71 Å². The van der Waals surface area contributed by atoms with Gasteiger partial charge in [0.25, 0.3) is 0 Å². The lowest BCUT2D eigenvalue weighted by atomic mass is 10.5. The molecule has 1 aromatic rings. The fourth-order valence-electron chi connectivity index (χ4n) is 0.699. The Morgan fingerprint density at radius 3 is 2.54 bits per heavy atom. The van der Waals surface area contributed by atoms with Crippen LogP contribution in [0.3, 0.4) is 0 Å². The minimum atomic E-state index is -3.58. The number of rotatable bonds is 2. The normalized spacial score (nSPS) is 11.6. The van der Waals surface area contributed by atoms with Gasteiger partial charge >= 0.3 is 0 Å². The summed E-state index contributed by atoms with van der Waals surface area (Å²) in [6.07, 6.45) is 2.42. The van der Waals surface area contributed by atoms with Crippen molar-refractivity contribution < 1.29 is 8.42 Å². The summed E-state index contributed by atoms with van der Waals surface area (Å²) in [5.41, 5.74) is 0. The third-order valence-corrected chi connectivity index (χ3v) is 3.69. The fraction of sp³-hybridized carbons (Fsp3) is 0.167. The van der Waals surface area contributed by atoms with Crippen LogP contribution in [0.15, 0.2) is 17.3 Å². The molecule has 0 fully saturated rings. The van der Waals surface area contributed by atoms with Gasteiger partial charge in [-0.15, -0.1) is 0 Å². The third-order valence-electron chi connectivity index (χ3n) is 1.36. The highest BCUT2D eigenvalue weighted by Crippen LogP contribution is 2.27. The van der Waals surface area contributed by atoms with Crippen LogP contribution in [0.1, 0.15) is 0 Å². The molecule has 4 nitrogen and oxygen atoms in total. The molecule has 0 amide bonds. The van der Waals surface area contributed by atoms with E-state index in [1.165, 1.54) is 13.2 Å². The van der Waals surface area contributed by atoms with Gasteiger partial charge in [0.2, 0.25) is 10.0 Å². The average molecular weight is 241 g/mol. The van der Waals surface area contributed by atoms with E-state index in [0.29, 0.717) is 0 Å². The first-order valence-electron chi connectivity index (χ1n) is 3.21. The van der Waals surface area contributed by atoms with Crippen LogP contribution in [0, 0.1) is 0 Å². The number of nitrogens with one attached hydrogen (secondary N) is 1. The van der Waals surface area contributed by atoms with Crippen molar-refractivity contribution in [2.45, 2.75) is 4.90 Å². The Morgan fingerprint density at radius 2 is 2.00 bits per heavy atom. The van der Waals surface area contributed by atoms with E-state index in [0.717, 1.165) is 6.20 Å². The highest BCUT2D eigenvalue weighted by molar-refractivity contribution is 7.89. The second-order valence-electron chi connectivity index (χ2n) is 2.14. The molecule has 72 valence electrons. The Labute approximate surface area is 85.9 Å². The maximum Gasteiger partial charge on any atom is 0.243 e. The van der Waals surface area contributed by atoms with Crippen LogP contribution in [0.5, 0.6) is 0 Å². The lowest BCUT2D eigenvalue weighted by Gasteiger charge is -2.04. The molecule has 0 radical (unpaired) electrons. The molecular weight excluding hydrogens is 235 g/mol. The van der Waals surface area contributed by atoms with Crippen LogP contribution in [0.25, 0.3) is 0 Å². The largest absolute Gasteiger partial charge is 0.262 e. The monoisotopic (exact) mass is 240 g/mol. The van der Waals surface area contributed by atoms with E-state index in [4.69, 9.17) is 23.2 Å². The number of aromatic nitrogens is 1. The molecule has 13 heavy (non-hydrogen) atoms. The number of hydrogen-bond acceptors (Lipinski definition) is 3. The molecule has 0 bridgehead atoms. The first-order valence-corrected chi connectivity index (χ1v) is 5.45. The van der Waals surface area contributed by atoms with Crippen LogP contribution < -0.4 is 4.72 Å². The molecule has 0 aromatic carbocycles. The van der Waals surface area contributed by atoms with Crippen molar-refractivity contribution in [3.63, 3.8) is 0 Å². The van der Waals surface area contributed by atoms with Crippen LogP contribution in [-0.2, 0) is 10.0 Å². The number of nitrogens with zero attached hydrogens (tertiary/aromatic N) is 1. The second-order valence-corrected chi connectivity index (χ2v) is 4.78. The predicted octanol–water partition coefficient (Wildman–Crippen LogP) is 1.30. The summed E-state index contributed by atoms with van der Waals surface area (Å²) >= 11 is 11.3. The number of pyridine rings is 1. The van der Waals surface area contributed by atoms with Crippen LogP contribution in [-0.4, -0.2) is 20.4 Å². The Balaban J connectivity index is 3.40. The van der Waals surface area contributed by atoms with E-state index in [1.807, 2.05) is 0 Å². The summed E-state index contributed by atoms with van der Waals surface area (Å²) in [5.74, 6) is 0. The zero-order valence-corrected chi connectivity index (χ0v) is 8.91. The van der Waals surface area contributed by atoms with E-state index < -0.39 is 10.0 Å². The molecule has 0 unspecified atom stereocenters. The van der Waals surface area contributed by atoms with Crippen molar-refractivity contribution in [2.75, 3.05) is 7.05 Å². The van der Waals surface area contributed by atoms with Gasteiger partial charge in [-0.1, -0.05) is 23.2 Å². The van der Waals surface area contributed by atoms with Gasteiger partial charge in [-0.05, 0) is 7.05 Å². The Hall–Kier alpha value is -0.360. The maximum absolute atomic E-state index is 11.3. The van der Waals surface area contributed by atoms with E-state index in [1.54, 1.807) is 0 Å². The smallest absolute Gasteiger partial charge is 0.243 e. The van der Waals surface area contributed by atoms with E-state index in [9.17, 15) is 8.42 Å². The Bertz CT molecular complexity index is 419. The standard InChI is InChI=1S/C6H6Cl2N2O2S/c1-9-13(11,12)5-3-10-2-4(7)6(5)8/h2-3,9H,1H3. The predicted molar refractivity (Wildman–Crippen MR) is 50.5 cm³/mol. The fourth-order valence-corrected chi connectivity index (χ4v) is 2.08. The average Bonchev–Trinajstić information content (AvgIpc) is 2.09. The quantitative estimate of drug-likeness (QED) is 0.848. The molecule has 0 aliphatic heterocycles. The third kappa shape index (κ3) is 2.11. The van der Waals surface area contributed by atoms with Gasteiger partial charge in [0.1, 0.15) is 4.90 Å². The topological polar surface area (TPSA) is 59.1 Å². The van der Waals surface area contributed by atoms with Gasteiger partial charge in [-0.3, -0.25) is 4.98 Å². The van der Waals surface area contributed by atoms with Crippen LogP contribution in [0.2, 0.25) is 10.0 Å². The highest BCUT2D eigenvalue weighted by Gasteiger charge is 2.17. The summed E-state index contributed by atoms with van der Waals surface area (Å²) < 4.78 is 24.7. The molecule has 0 saturated carbocycles. The van der Waals surface area contributed by atoms with Crippen LogP contribution >= 0.6 is 23.2 Å². The summed E-state index contributed by atoms with van der Waals surface area (Å²) in [4.78, 5) is 3.50. The summed E-state index contributed by atoms with van der Waals surface area (Å²) in [5, 5.41) is 0.0870. The first kappa shape index (κ1) is 10.7. The molecule has 0 saturated heterocycles. The molecule has 1 rings (SSSR count). The van der Waals surface area contributed by atoms with Gasteiger partial charge in [0.15, 0.2) is 0 Å². The molecule has 0 spiro atoms. The number of hydrogen-bond donors (Lipinski definition) is 1. The minimum Gasteiger partial charge on any atom is -0.262 e. The molecular formula is C6H6Cl2N2O2S. The van der Waals surface area contributed by atoms with Crippen LogP contribution in [0.4, 0.5) is 0 Å². The zero-order valence-electron chi connectivity index (χ0n) is 6.58. The SMILES string of the molecule is CNS(=O)(=O)c1cncc(Cl)c1Cl. The molecule has 1 N–H and O–H groups in total. The van der Waals surface area contributed by atoms with Crippen molar-refractivity contribution in [1.82, 2.24) is 9.71 Å². The molecule has 7 heteroatoms. The van der Waals surface area contributed by atoms with Gasteiger partial charge in [-0.2, -0.15) is 0 Å². The van der Waals surface area contributed by atoms with Gasteiger partial charge < -0.3 is 0 Å². The van der Waals surface area contributed by atoms with Gasteiger partial charge in [-0.25, -0.2) is 13.1 Å². The Kier molecular flexibility index (Phi) is 3.13. The molecule has 1 aromatic heterocycles. The zero-order chi connectivity index (χ0) is 10.1. The van der Waals surface area contributed by atoms with Crippen molar-refractivity contribution in [3.05, 3.63) is 22.4 Å². The molecule has 1 heterocycles. The van der Waals surface area contributed by atoms with Crippen molar-refractivity contribution in [1.29, 1.82) is 0 Å². The second kappa shape index (κ2) is 3.79. The lowest BCUT2D eigenvalue weighted by molar-refractivity contribution is 0.588.